The normalized spacial score (nSPS) is 21.2. The molecule has 0 saturated carbocycles. The molecule has 1 rings (SSSR count). The number of rotatable bonds is 2. The van der Waals surface area contributed by atoms with E-state index in [9.17, 15) is 4.79 Å². The van der Waals surface area contributed by atoms with Gasteiger partial charge in [-0.25, -0.2) is 0 Å². The van der Waals surface area contributed by atoms with E-state index < -0.39 is 5.97 Å². The van der Waals surface area contributed by atoms with Gasteiger partial charge >= 0.3 is 5.97 Å². The lowest BCUT2D eigenvalue weighted by Gasteiger charge is -2.19. The summed E-state index contributed by atoms with van der Waals surface area (Å²) >= 11 is 0. The van der Waals surface area contributed by atoms with Crippen LogP contribution in [0.4, 0.5) is 0 Å². The zero-order valence-corrected chi connectivity index (χ0v) is 6.99. The van der Waals surface area contributed by atoms with Gasteiger partial charge in [-0.15, -0.1) is 0 Å². The average molecular weight is 170 g/mol. The summed E-state index contributed by atoms with van der Waals surface area (Å²) in [6.45, 7) is 2.71. The number of carboxylic acid groups (broad SMARTS) is 1. The lowest BCUT2D eigenvalue weighted by molar-refractivity contribution is -0.137. The van der Waals surface area contributed by atoms with Crippen LogP contribution in [0.25, 0.3) is 0 Å². The Morgan fingerprint density at radius 1 is 1.67 bits per heavy atom. The number of carbonyl (C=O) groups is 1. The van der Waals surface area contributed by atoms with Crippen LogP contribution >= 0.6 is 0 Å². The van der Waals surface area contributed by atoms with E-state index in [0.717, 1.165) is 26.1 Å². The van der Waals surface area contributed by atoms with Crippen molar-refractivity contribution in [3.05, 3.63) is 12.3 Å². The van der Waals surface area contributed by atoms with Gasteiger partial charge in [0.2, 0.25) is 0 Å². The number of carboxylic acids is 1. The fraction of sp³-hybridized carbons (Fsp3) is 0.625. The first-order valence-corrected chi connectivity index (χ1v) is 4.12. The molecular weight excluding hydrogens is 156 g/mol. The van der Waals surface area contributed by atoms with E-state index in [1.54, 1.807) is 0 Å². The summed E-state index contributed by atoms with van der Waals surface area (Å²) in [6, 6.07) is 0. The highest BCUT2D eigenvalue weighted by atomic mass is 16.4. The molecule has 0 atom stereocenters. The van der Waals surface area contributed by atoms with Gasteiger partial charge in [0, 0.05) is 13.1 Å². The molecule has 0 spiro atoms. The van der Waals surface area contributed by atoms with Crippen molar-refractivity contribution in [2.45, 2.75) is 6.42 Å². The van der Waals surface area contributed by atoms with E-state index in [1.165, 1.54) is 0 Å². The lowest BCUT2D eigenvalue weighted by Crippen LogP contribution is -2.30. The van der Waals surface area contributed by atoms with E-state index in [1.807, 2.05) is 17.2 Å². The molecule has 0 radical (unpaired) electrons. The maximum atomic E-state index is 10.4. The first kappa shape index (κ1) is 9.06. The van der Waals surface area contributed by atoms with Gasteiger partial charge in [-0.3, -0.25) is 4.79 Å². The molecule has 4 heteroatoms. The van der Waals surface area contributed by atoms with Gasteiger partial charge in [0.25, 0.3) is 0 Å². The molecule has 0 fully saturated rings. The third kappa shape index (κ3) is 3.39. The standard InChI is InChI=1S/C8H14N2O2/c11-8(12)7-10-5-1-3-9-4-2-6-10/h1,5,9H,2-4,6-7H2,(H,11,12)/b5-1-. The molecular formula is C8H14N2O2. The summed E-state index contributed by atoms with van der Waals surface area (Å²) in [4.78, 5) is 12.2. The molecule has 0 aliphatic carbocycles. The molecule has 12 heavy (non-hydrogen) atoms. The molecule has 0 unspecified atom stereocenters. The van der Waals surface area contributed by atoms with Crippen molar-refractivity contribution < 1.29 is 9.90 Å². The van der Waals surface area contributed by atoms with E-state index in [4.69, 9.17) is 5.11 Å². The van der Waals surface area contributed by atoms with Gasteiger partial charge in [-0.05, 0) is 19.2 Å². The highest BCUT2D eigenvalue weighted by Gasteiger charge is 2.05. The summed E-state index contributed by atoms with van der Waals surface area (Å²) in [5, 5.41) is 11.7. The molecule has 0 saturated heterocycles. The van der Waals surface area contributed by atoms with Crippen LogP contribution in [-0.2, 0) is 4.79 Å². The van der Waals surface area contributed by atoms with Crippen molar-refractivity contribution >= 4 is 5.97 Å². The summed E-state index contributed by atoms with van der Waals surface area (Å²) in [5.74, 6) is -0.770. The minimum Gasteiger partial charge on any atom is -0.480 e. The Balaban J connectivity index is 2.38. The van der Waals surface area contributed by atoms with Gasteiger partial charge in [-0.2, -0.15) is 0 Å². The van der Waals surface area contributed by atoms with Gasteiger partial charge in [-0.1, -0.05) is 6.08 Å². The third-order valence-electron chi connectivity index (χ3n) is 1.72. The smallest absolute Gasteiger partial charge is 0.323 e. The van der Waals surface area contributed by atoms with Crippen molar-refractivity contribution in [2.75, 3.05) is 26.2 Å². The molecule has 0 aromatic carbocycles. The second-order valence-corrected chi connectivity index (χ2v) is 2.81. The summed E-state index contributed by atoms with van der Waals surface area (Å²) in [5.41, 5.74) is 0. The maximum Gasteiger partial charge on any atom is 0.323 e. The van der Waals surface area contributed by atoms with E-state index in [2.05, 4.69) is 5.32 Å². The Kier molecular flexibility index (Phi) is 3.60. The monoisotopic (exact) mass is 170 g/mol. The average Bonchev–Trinajstić information content (AvgIpc) is 1.93. The predicted molar refractivity (Wildman–Crippen MR) is 45.8 cm³/mol. The van der Waals surface area contributed by atoms with Crippen molar-refractivity contribution in [1.82, 2.24) is 10.2 Å². The SMILES string of the molecule is O=C(O)CN1/C=C\CNCCC1. The fourth-order valence-corrected chi connectivity index (χ4v) is 1.17. The number of aliphatic carboxylic acids is 1. The lowest BCUT2D eigenvalue weighted by atomic mass is 10.3. The Morgan fingerprint density at radius 2 is 2.50 bits per heavy atom. The van der Waals surface area contributed by atoms with Gasteiger partial charge in [0.05, 0.1) is 0 Å². The van der Waals surface area contributed by atoms with Crippen molar-refractivity contribution in [2.24, 2.45) is 0 Å². The van der Waals surface area contributed by atoms with Gasteiger partial charge < -0.3 is 15.3 Å². The van der Waals surface area contributed by atoms with Crippen molar-refractivity contribution in [3.63, 3.8) is 0 Å². The number of nitrogens with zero attached hydrogens (tertiary/aromatic N) is 1. The van der Waals surface area contributed by atoms with Crippen molar-refractivity contribution in [3.8, 4) is 0 Å². The molecule has 0 bridgehead atoms. The quantitative estimate of drug-likeness (QED) is 0.606. The third-order valence-corrected chi connectivity index (χ3v) is 1.72. The van der Waals surface area contributed by atoms with Crippen LogP contribution in [-0.4, -0.2) is 42.2 Å². The Bertz CT molecular complexity index is 180. The number of hydrogen-bond acceptors (Lipinski definition) is 3. The predicted octanol–water partition coefficient (Wildman–Crippen LogP) is -0.120. The van der Waals surface area contributed by atoms with Crippen LogP contribution in [0.1, 0.15) is 6.42 Å². The van der Waals surface area contributed by atoms with Gasteiger partial charge in [0.1, 0.15) is 6.54 Å². The minimum absolute atomic E-state index is 0.108. The minimum atomic E-state index is -0.770. The molecule has 0 aromatic heterocycles. The zero-order chi connectivity index (χ0) is 8.81. The van der Waals surface area contributed by atoms with Crippen LogP contribution in [0.15, 0.2) is 12.3 Å². The Labute approximate surface area is 71.9 Å². The van der Waals surface area contributed by atoms with Crippen LogP contribution in [0.2, 0.25) is 0 Å². The summed E-state index contributed by atoms with van der Waals surface area (Å²) < 4.78 is 0. The summed E-state index contributed by atoms with van der Waals surface area (Å²) in [7, 11) is 0. The highest BCUT2D eigenvalue weighted by Crippen LogP contribution is 1.94. The number of hydrogen-bond donors (Lipinski definition) is 2. The molecule has 0 aromatic rings. The van der Waals surface area contributed by atoms with Crippen LogP contribution < -0.4 is 5.32 Å². The largest absolute Gasteiger partial charge is 0.480 e. The first-order chi connectivity index (χ1) is 5.79. The molecule has 1 aliphatic rings. The zero-order valence-electron chi connectivity index (χ0n) is 6.99. The van der Waals surface area contributed by atoms with E-state index >= 15 is 0 Å². The molecule has 0 amide bonds. The van der Waals surface area contributed by atoms with Crippen molar-refractivity contribution in [1.29, 1.82) is 0 Å². The van der Waals surface area contributed by atoms with Crippen LogP contribution in [0.3, 0.4) is 0 Å². The second-order valence-electron chi connectivity index (χ2n) is 2.81. The molecule has 2 N–H and O–H groups in total. The highest BCUT2D eigenvalue weighted by molar-refractivity contribution is 5.69. The molecule has 4 nitrogen and oxygen atoms in total. The maximum absolute atomic E-state index is 10.4. The molecule has 68 valence electrons. The number of nitrogens with one attached hydrogen (secondary N) is 1. The molecule has 1 aliphatic heterocycles. The summed E-state index contributed by atoms with van der Waals surface area (Å²) in [6.07, 6.45) is 4.79. The Morgan fingerprint density at radius 3 is 3.25 bits per heavy atom. The second kappa shape index (κ2) is 4.77. The molecule has 1 heterocycles. The first-order valence-electron chi connectivity index (χ1n) is 4.12. The van der Waals surface area contributed by atoms with Crippen LogP contribution in [0.5, 0.6) is 0 Å². The topological polar surface area (TPSA) is 52.6 Å². The van der Waals surface area contributed by atoms with Crippen LogP contribution in [0, 0.1) is 0 Å². The Hall–Kier alpha value is -1.03. The van der Waals surface area contributed by atoms with Gasteiger partial charge in [0.15, 0.2) is 0 Å². The van der Waals surface area contributed by atoms with E-state index in [0.29, 0.717) is 0 Å². The fourth-order valence-electron chi connectivity index (χ4n) is 1.17. The van der Waals surface area contributed by atoms with E-state index in [-0.39, 0.29) is 6.54 Å².